The van der Waals surface area contributed by atoms with Gasteiger partial charge in [-0.05, 0) is 68.5 Å². The van der Waals surface area contributed by atoms with Gasteiger partial charge >= 0.3 is 0 Å². The molecule has 0 aliphatic carbocycles. The average molecular weight is 425 g/mol. The molecule has 0 spiro atoms. The third-order valence-corrected chi connectivity index (χ3v) is 5.66. The number of aryl methyl sites for hydroxylation is 2. The molecule has 31 heavy (non-hydrogen) atoms. The fourth-order valence-corrected chi connectivity index (χ4v) is 4.21. The first kappa shape index (κ1) is 21.4. The number of rotatable bonds is 7. The molecule has 2 heterocycles. The Labute approximate surface area is 182 Å². The van der Waals surface area contributed by atoms with Crippen LogP contribution in [0.3, 0.4) is 0 Å². The lowest BCUT2D eigenvalue weighted by molar-refractivity contribution is -0.908. The summed E-state index contributed by atoms with van der Waals surface area (Å²) in [6, 6.07) is 10.9. The van der Waals surface area contributed by atoms with Crippen molar-refractivity contribution < 1.29 is 23.9 Å². The maximum Gasteiger partial charge on any atom is 0.235 e. The smallest absolute Gasteiger partial charge is 0.235 e. The van der Waals surface area contributed by atoms with E-state index in [4.69, 9.17) is 13.9 Å². The zero-order valence-electron chi connectivity index (χ0n) is 18.1. The number of aliphatic hydroxyl groups is 1. The highest BCUT2D eigenvalue weighted by molar-refractivity contribution is 5.79. The van der Waals surface area contributed by atoms with Gasteiger partial charge in [0.25, 0.3) is 0 Å². The zero-order chi connectivity index (χ0) is 21.8. The van der Waals surface area contributed by atoms with Crippen molar-refractivity contribution in [2.75, 3.05) is 26.2 Å². The fourth-order valence-electron chi connectivity index (χ4n) is 4.21. The molecule has 1 atom stereocenters. The van der Waals surface area contributed by atoms with Crippen LogP contribution in [0.25, 0.3) is 11.0 Å². The molecule has 1 aliphatic rings. The zero-order valence-corrected chi connectivity index (χ0v) is 18.1. The van der Waals surface area contributed by atoms with E-state index in [9.17, 15) is 9.90 Å². The van der Waals surface area contributed by atoms with Crippen molar-refractivity contribution in [2.24, 2.45) is 0 Å². The number of benzene rings is 2. The van der Waals surface area contributed by atoms with Gasteiger partial charge in [0, 0.05) is 6.07 Å². The summed E-state index contributed by atoms with van der Waals surface area (Å²) < 4.78 is 17.2. The van der Waals surface area contributed by atoms with Crippen molar-refractivity contribution in [3.8, 4) is 17.2 Å². The van der Waals surface area contributed by atoms with E-state index in [0.717, 1.165) is 24.2 Å². The number of nitrogens with one attached hydrogen (secondary N) is 1. The first-order valence-corrected chi connectivity index (χ1v) is 10.9. The summed E-state index contributed by atoms with van der Waals surface area (Å²) in [6.45, 7) is 7.11. The lowest BCUT2D eigenvalue weighted by atomic mass is 10.1. The van der Waals surface area contributed by atoms with Crippen molar-refractivity contribution in [1.82, 2.24) is 0 Å². The Bertz CT molecular complexity index is 1080. The summed E-state index contributed by atoms with van der Waals surface area (Å²) in [5.74, 6) is 1.31. The Morgan fingerprint density at radius 1 is 1.03 bits per heavy atom. The summed E-state index contributed by atoms with van der Waals surface area (Å²) in [4.78, 5) is 14.3. The van der Waals surface area contributed by atoms with Crippen LogP contribution in [0.4, 0.5) is 0 Å². The number of fused-ring (bicyclic) bond motifs is 1. The van der Waals surface area contributed by atoms with Gasteiger partial charge in [0.1, 0.15) is 42.6 Å². The third-order valence-electron chi connectivity index (χ3n) is 5.66. The second kappa shape index (κ2) is 9.54. The first-order valence-electron chi connectivity index (χ1n) is 10.9. The number of aliphatic hydroxyl groups excluding tert-OH is 1. The van der Waals surface area contributed by atoms with Crippen molar-refractivity contribution in [2.45, 2.75) is 39.2 Å². The molecule has 0 amide bonds. The van der Waals surface area contributed by atoms with E-state index in [-0.39, 0.29) is 17.8 Å². The minimum atomic E-state index is -0.524. The summed E-state index contributed by atoms with van der Waals surface area (Å²) in [7, 11) is 0. The molecular formula is C25H30NO5+. The first-order chi connectivity index (χ1) is 15.0. The Hall–Kier alpha value is -2.83. The van der Waals surface area contributed by atoms with E-state index in [0.29, 0.717) is 29.0 Å². The van der Waals surface area contributed by atoms with Crippen LogP contribution in [0.5, 0.6) is 17.2 Å². The molecule has 1 aromatic heterocycles. The molecule has 4 rings (SSSR count). The van der Waals surface area contributed by atoms with Crippen LogP contribution in [0.15, 0.2) is 51.9 Å². The lowest BCUT2D eigenvalue weighted by Gasteiger charge is -2.25. The molecule has 0 unspecified atom stereocenters. The minimum Gasteiger partial charge on any atom is -0.491 e. The Balaban J connectivity index is 1.43. The predicted molar refractivity (Wildman–Crippen MR) is 119 cm³/mol. The molecule has 6 heteroatoms. The lowest BCUT2D eigenvalue weighted by Crippen LogP contribution is -3.14. The van der Waals surface area contributed by atoms with Gasteiger partial charge in [-0.25, -0.2) is 0 Å². The van der Waals surface area contributed by atoms with Crippen molar-refractivity contribution in [3.05, 3.63) is 64.0 Å². The molecular weight excluding hydrogens is 394 g/mol. The van der Waals surface area contributed by atoms with Crippen molar-refractivity contribution >= 4 is 11.0 Å². The van der Waals surface area contributed by atoms with Crippen LogP contribution in [0, 0.1) is 13.8 Å². The number of quaternary nitrogens is 1. The predicted octanol–water partition coefficient (Wildman–Crippen LogP) is 3.01. The normalized spacial score (nSPS) is 15.7. The van der Waals surface area contributed by atoms with Gasteiger partial charge in [-0.3, -0.25) is 4.79 Å². The highest BCUT2D eigenvalue weighted by Crippen LogP contribution is 2.25. The van der Waals surface area contributed by atoms with Crippen LogP contribution in [0.1, 0.15) is 30.4 Å². The van der Waals surface area contributed by atoms with E-state index >= 15 is 0 Å². The summed E-state index contributed by atoms with van der Waals surface area (Å²) in [6.07, 6.45) is 4.55. The summed E-state index contributed by atoms with van der Waals surface area (Å²) in [5, 5.41) is 10.7. The Morgan fingerprint density at radius 2 is 1.77 bits per heavy atom. The van der Waals surface area contributed by atoms with E-state index in [1.807, 2.05) is 32.0 Å². The molecule has 0 bridgehead atoms. The molecule has 0 saturated carbocycles. The average Bonchev–Trinajstić information content (AvgIpc) is 2.74. The molecule has 2 N–H and O–H groups in total. The standard InChI is InChI=1S/C25H29NO5/c1-17-10-18(2)12-21(11-17)31-24-16-30-23-13-20(6-7-22(23)25(24)28)29-15-19(27)14-26-8-4-3-5-9-26/h6-7,10-13,16,19,27H,3-5,8-9,14-15H2,1-2H3/p+1/t19-/m1/s1. The quantitative estimate of drug-likeness (QED) is 0.610. The Morgan fingerprint density at radius 3 is 2.52 bits per heavy atom. The number of ether oxygens (including phenoxy) is 2. The van der Waals surface area contributed by atoms with Gasteiger partial charge in [0.15, 0.2) is 0 Å². The maximum atomic E-state index is 12.8. The molecule has 0 radical (unpaired) electrons. The largest absolute Gasteiger partial charge is 0.491 e. The van der Waals surface area contributed by atoms with Crippen LogP contribution in [-0.2, 0) is 0 Å². The minimum absolute atomic E-state index is 0.145. The number of piperidine rings is 1. The van der Waals surface area contributed by atoms with E-state index in [1.165, 1.54) is 30.4 Å². The Kier molecular flexibility index (Phi) is 6.59. The third kappa shape index (κ3) is 5.46. The van der Waals surface area contributed by atoms with Crippen molar-refractivity contribution in [1.29, 1.82) is 0 Å². The van der Waals surface area contributed by atoms with Gasteiger partial charge in [-0.15, -0.1) is 0 Å². The van der Waals surface area contributed by atoms with Gasteiger partial charge in [-0.2, -0.15) is 0 Å². The molecule has 1 aliphatic heterocycles. The molecule has 1 saturated heterocycles. The number of hydrogen-bond acceptors (Lipinski definition) is 5. The van der Waals surface area contributed by atoms with Crippen LogP contribution >= 0.6 is 0 Å². The number of likely N-dealkylation sites (tertiary alicyclic amines) is 1. The van der Waals surface area contributed by atoms with Gasteiger partial charge in [0.05, 0.1) is 18.5 Å². The van der Waals surface area contributed by atoms with Crippen LogP contribution in [-0.4, -0.2) is 37.5 Å². The molecule has 3 aromatic rings. The van der Waals surface area contributed by atoms with E-state index < -0.39 is 6.10 Å². The second-order valence-corrected chi connectivity index (χ2v) is 8.49. The van der Waals surface area contributed by atoms with E-state index in [1.54, 1.807) is 18.2 Å². The molecule has 1 fully saturated rings. The summed E-state index contributed by atoms with van der Waals surface area (Å²) in [5.41, 5.74) is 2.31. The van der Waals surface area contributed by atoms with Crippen LogP contribution in [0.2, 0.25) is 0 Å². The fraction of sp³-hybridized carbons (Fsp3) is 0.400. The maximum absolute atomic E-state index is 12.8. The molecule has 6 nitrogen and oxygen atoms in total. The highest BCUT2D eigenvalue weighted by atomic mass is 16.5. The second-order valence-electron chi connectivity index (χ2n) is 8.49. The van der Waals surface area contributed by atoms with Crippen LogP contribution < -0.4 is 19.8 Å². The van der Waals surface area contributed by atoms with Gasteiger partial charge < -0.3 is 23.9 Å². The van der Waals surface area contributed by atoms with E-state index in [2.05, 4.69) is 0 Å². The number of hydrogen-bond donors (Lipinski definition) is 2. The van der Waals surface area contributed by atoms with Crippen molar-refractivity contribution in [3.63, 3.8) is 0 Å². The SMILES string of the molecule is Cc1cc(C)cc(Oc2coc3cc(OC[C@H](O)C[NH+]4CCCCC4)ccc3c2=O)c1. The molecule has 164 valence electrons. The topological polar surface area (TPSA) is 73.3 Å². The monoisotopic (exact) mass is 424 g/mol. The molecule has 2 aromatic carbocycles. The highest BCUT2D eigenvalue weighted by Gasteiger charge is 2.18. The van der Waals surface area contributed by atoms with Gasteiger partial charge in [-0.1, -0.05) is 6.07 Å². The summed E-state index contributed by atoms with van der Waals surface area (Å²) >= 11 is 0. The van der Waals surface area contributed by atoms with Gasteiger partial charge in [0.2, 0.25) is 11.2 Å².